The van der Waals surface area contributed by atoms with Crippen molar-refractivity contribution in [2.45, 2.75) is 26.8 Å². The molecule has 5 heteroatoms. The maximum atomic E-state index is 11.3. The van der Waals surface area contributed by atoms with Crippen molar-refractivity contribution in [3.63, 3.8) is 0 Å². The van der Waals surface area contributed by atoms with Crippen LogP contribution >= 0.6 is 0 Å². The van der Waals surface area contributed by atoms with Gasteiger partial charge in [0.2, 0.25) is 10.0 Å². The summed E-state index contributed by atoms with van der Waals surface area (Å²) in [6.45, 7) is 6.61. The van der Waals surface area contributed by atoms with Crippen molar-refractivity contribution >= 4 is 10.0 Å². The molecule has 0 aliphatic rings. The summed E-state index contributed by atoms with van der Waals surface area (Å²) in [6.07, 6.45) is 0. The topological polar surface area (TPSA) is 58.2 Å². The van der Waals surface area contributed by atoms with Crippen molar-refractivity contribution < 1.29 is 8.42 Å². The third kappa shape index (κ3) is 4.40. The Labute approximate surface area is 110 Å². The Hall–Kier alpha value is -0.910. The molecule has 4 nitrogen and oxygen atoms in total. The van der Waals surface area contributed by atoms with E-state index in [1.807, 2.05) is 6.92 Å². The minimum absolute atomic E-state index is 0.0959. The van der Waals surface area contributed by atoms with Crippen LogP contribution in [0.25, 0.3) is 0 Å². The summed E-state index contributed by atoms with van der Waals surface area (Å²) < 4.78 is 24.9. The molecule has 0 bridgehead atoms. The number of rotatable bonds is 6. The van der Waals surface area contributed by atoms with Crippen LogP contribution in [-0.4, -0.2) is 27.8 Å². The molecule has 1 atom stereocenters. The van der Waals surface area contributed by atoms with Crippen molar-refractivity contribution in [2.75, 3.05) is 19.3 Å². The lowest BCUT2D eigenvalue weighted by atomic mass is 10.00. The number of sulfonamides is 1. The molecule has 0 radical (unpaired) electrons. The normalized spacial score (nSPS) is 13.6. The largest absolute Gasteiger partial charge is 0.309 e. The summed E-state index contributed by atoms with van der Waals surface area (Å²) in [5.41, 5.74) is 3.65. The Morgan fingerprint density at radius 3 is 2.56 bits per heavy atom. The van der Waals surface area contributed by atoms with Gasteiger partial charge < -0.3 is 5.32 Å². The molecule has 0 heterocycles. The standard InChI is InChI=1S/C13H22N2O2S/c1-10-5-6-11(2)13(9-10)12(3)15-7-8-18(16,17)14-4/h5-6,9,12,14-15H,7-8H2,1-4H3. The van der Waals surface area contributed by atoms with Gasteiger partial charge in [-0.1, -0.05) is 23.8 Å². The predicted octanol–water partition coefficient (Wildman–Crippen LogP) is 1.50. The highest BCUT2D eigenvalue weighted by atomic mass is 32.2. The molecule has 1 rings (SSSR count). The van der Waals surface area contributed by atoms with Crippen molar-refractivity contribution in [3.05, 3.63) is 34.9 Å². The number of hydrogen-bond donors (Lipinski definition) is 2. The maximum absolute atomic E-state index is 11.3. The lowest BCUT2D eigenvalue weighted by Crippen LogP contribution is -2.31. The summed E-state index contributed by atoms with van der Waals surface area (Å²) in [5.74, 6) is 0.0959. The van der Waals surface area contributed by atoms with Gasteiger partial charge in [0.1, 0.15) is 0 Å². The molecule has 1 aromatic rings. The molecule has 1 unspecified atom stereocenters. The zero-order valence-corrected chi connectivity index (χ0v) is 12.3. The third-order valence-corrected chi connectivity index (χ3v) is 4.40. The van der Waals surface area contributed by atoms with Crippen LogP contribution in [0.1, 0.15) is 29.7 Å². The smallest absolute Gasteiger partial charge is 0.212 e. The molecule has 0 spiro atoms. The number of benzene rings is 1. The van der Waals surface area contributed by atoms with E-state index in [1.165, 1.54) is 23.7 Å². The van der Waals surface area contributed by atoms with Gasteiger partial charge in [0.25, 0.3) is 0 Å². The lowest BCUT2D eigenvalue weighted by molar-refractivity contribution is 0.566. The van der Waals surface area contributed by atoms with Crippen LogP contribution in [0, 0.1) is 13.8 Å². The molecule has 0 amide bonds. The molecule has 1 aromatic carbocycles. The molecule has 2 N–H and O–H groups in total. The van der Waals surface area contributed by atoms with Gasteiger partial charge in [-0.2, -0.15) is 0 Å². The van der Waals surface area contributed by atoms with Crippen LogP contribution in [-0.2, 0) is 10.0 Å². The second-order valence-corrected chi connectivity index (χ2v) is 6.60. The first-order chi connectivity index (χ1) is 8.35. The zero-order valence-electron chi connectivity index (χ0n) is 11.4. The average Bonchev–Trinajstić information content (AvgIpc) is 2.32. The Balaban J connectivity index is 2.61. The Bertz CT molecular complexity index is 498. The SMILES string of the molecule is CNS(=O)(=O)CCNC(C)c1cc(C)ccc1C. The van der Waals surface area contributed by atoms with Crippen LogP contribution in [0.4, 0.5) is 0 Å². The Morgan fingerprint density at radius 2 is 1.94 bits per heavy atom. The van der Waals surface area contributed by atoms with Crippen LogP contribution in [0.5, 0.6) is 0 Å². The Kier molecular flexibility index (Phi) is 5.31. The molecule has 0 aliphatic heterocycles. The molecule has 18 heavy (non-hydrogen) atoms. The van der Waals surface area contributed by atoms with Crippen molar-refractivity contribution in [3.8, 4) is 0 Å². The molecule has 0 aromatic heterocycles. The van der Waals surface area contributed by atoms with E-state index in [0.717, 1.165) is 0 Å². The van der Waals surface area contributed by atoms with Crippen LogP contribution in [0.2, 0.25) is 0 Å². The van der Waals surface area contributed by atoms with E-state index in [4.69, 9.17) is 0 Å². The molecule has 102 valence electrons. The quantitative estimate of drug-likeness (QED) is 0.823. The highest BCUT2D eigenvalue weighted by Crippen LogP contribution is 2.18. The average molecular weight is 270 g/mol. The summed E-state index contributed by atoms with van der Waals surface area (Å²) in [4.78, 5) is 0. The fourth-order valence-corrected chi connectivity index (χ4v) is 2.44. The van der Waals surface area contributed by atoms with Crippen LogP contribution in [0.15, 0.2) is 18.2 Å². The first kappa shape index (κ1) is 15.1. The van der Waals surface area contributed by atoms with E-state index in [1.54, 1.807) is 0 Å². The van der Waals surface area contributed by atoms with E-state index < -0.39 is 10.0 Å². The summed E-state index contributed by atoms with van der Waals surface area (Å²) in [5, 5.41) is 3.24. The molecule has 0 saturated heterocycles. The number of aryl methyl sites for hydroxylation is 2. The summed E-state index contributed by atoms with van der Waals surface area (Å²) >= 11 is 0. The minimum Gasteiger partial charge on any atom is -0.309 e. The van der Waals surface area contributed by atoms with Gasteiger partial charge in [-0.3, -0.25) is 0 Å². The van der Waals surface area contributed by atoms with Crippen molar-refractivity contribution in [1.29, 1.82) is 0 Å². The molecule has 0 aliphatic carbocycles. The first-order valence-corrected chi connectivity index (χ1v) is 7.72. The number of nitrogens with one attached hydrogen (secondary N) is 2. The molecular formula is C13H22N2O2S. The van der Waals surface area contributed by atoms with E-state index in [-0.39, 0.29) is 11.8 Å². The second kappa shape index (κ2) is 6.31. The molecule has 0 saturated carbocycles. The Morgan fingerprint density at radius 1 is 1.28 bits per heavy atom. The van der Waals surface area contributed by atoms with Crippen LogP contribution < -0.4 is 10.0 Å². The second-order valence-electron chi connectivity index (χ2n) is 4.56. The van der Waals surface area contributed by atoms with Gasteiger partial charge in [-0.05, 0) is 38.9 Å². The molecule has 0 fully saturated rings. The van der Waals surface area contributed by atoms with E-state index in [9.17, 15) is 8.42 Å². The number of hydrogen-bond acceptors (Lipinski definition) is 3. The van der Waals surface area contributed by atoms with E-state index in [0.29, 0.717) is 6.54 Å². The monoisotopic (exact) mass is 270 g/mol. The highest BCUT2D eigenvalue weighted by molar-refractivity contribution is 7.89. The minimum atomic E-state index is -3.13. The fourth-order valence-electron chi connectivity index (χ4n) is 1.85. The van der Waals surface area contributed by atoms with Gasteiger partial charge >= 0.3 is 0 Å². The van der Waals surface area contributed by atoms with E-state index in [2.05, 4.69) is 42.1 Å². The fraction of sp³-hybridized carbons (Fsp3) is 0.538. The summed E-state index contributed by atoms with van der Waals surface area (Å²) in [7, 11) is -1.69. The lowest BCUT2D eigenvalue weighted by Gasteiger charge is -2.17. The predicted molar refractivity (Wildman–Crippen MR) is 75.2 cm³/mol. The maximum Gasteiger partial charge on any atom is 0.212 e. The van der Waals surface area contributed by atoms with Gasteiger partial charge in [0.15, 0.2) is 0 Å². The zero-order chi connectivity index (χ0) is 13.8. The van der Waals surface area contributed by atoms with Gasteiger partial charge in [-0.25, -0.2) is 13.1 Å². The van der Waals surface area contributed by atoms with Gasteiger partial charge in [-0.15, -0.1) is 0 Å². The first-order valence-electron chi connectivity index (χ1n) is 6.07. The third-order valence-electron chi connectivity index (χ3n) is 3.03. The van der Waals surface area contributed by atoms with E-state index >= 15 is 0 Å². The molecular weight excluding hydrogens is 248 g/mol. The highest BCUT2D eigenvalue weighted by Gasteiger charge is 2.10. The van der Waals surface area contributed by atoms with Crippen molar-refractivity contribution in [1.82, 2.24) is 10.0 Å². The van der Waals surface area contributed by atoms with Crippen LogP contribution in [0.3, 0.4) is 0 Å². The van der Waals surface area contributed by atoms with Crippen molar-refractivity contribution in [2.24, 2.45) is 0 Å². The van der Waals surface area contributed by atoms with Gasteiger partial charge in [0.05, 0.1) is 5.75 Å². The summed E-state index contributed by atoms with van der Waals surface area (Å²) in [6, 6.07) is 6.46. The van der Waals surface area contributed by atoms with Gasteiger partial charge in [0, 0.05) is 12.6 Å².